The molecule has 0 fully saturated rings. The van der Waals surface area contributed by atoms with E-state index in [1.54, 1.807) is 0 Å². The molecule has 0 N–H and O–H groups in total. The van der Waals surface area contributed by atoms with Crippen molar-refractivity contribution >= 4 is 55.4 Å². The molecule has 1 aliphatic rings. The third-order valence-corrected chi connectivity index (χ3v) is 12.7. The summed E-state index contributed by atoms with van der Waals surface area (Å²) in [5, 5.41) is 7.91. The van der Waals surface area contributed by atoms with Gasteiger partial charge in [-0.05, 0) is 117 Å². The third-order valence-electron chi connectivity index (χ3n) is 12.7. The Morgan fingerprint density at radius 3 is 1.32 bits per heavy atom. The molecule has 0 nitrogen and oxygen atoms in total. The van der Waals surface area contributed by atoms with Gasteiger partial charge in [0.25, 0.3) is 0 Å². The van der Waals surface area contributed by atoms with Gasteiger partial charge in [-0.1, -0.05) is 223 Å². The lowest BCUT2D eigenvalue weighted by atomic mass is 9.32. The van der Waals surface area contributed by atoms with E-state index >= 15 is 0 Å². The lowest BCUT2D eigenvalue weighted by molar-refractivity contribution is 1.58. The molecular weight excluding hydrogens is 707 g/mol. The van der Waals surface area contributed by atoms with Crippen LogP contribution in [-0.4, -0.2) is 6.71 Å². The van der Waals surface area contributed by atoms with Gasteiger partial charge in [0.2, 0.25) is 6.71 Å². The van der Waals surface area contributed by atoms with E-state index in [4.69, 9.17) is 0 Å². The summed E-state index contributed by atoms with van der Waals surface area (Å²) >= 11 is 0. The second-order valence-electron chi connectivity index (χ2n) is 15.9. The van der Waals surface area contributed by atoms with Crippen LogP contribution in [-0.2, 0) is 0 Å². The first-order valence-corrected chi connectivity index (χ1v) is 20.6. The fourth-order valence-electron chi connectivity index (χ4n) is 10.1. The van der Waals surface area contributed by atoms with Crippen molar-refractivity contribution in [3.8, 4) is 66.8 Å². The predicted octanol–water partition coefficient (Wildman–Crippen LogP) is 13.4. The lowest BCUT2D eigenvalue weighted by Gasteiger charge is -2.33. The summed E-state index contributed by atoms with van der Waals surface area (Å²) in [6, 6.07) is 83.5. The Bertz CT molecular complexity index is 3280. The highest BCUT2D eigenvalue weighted by Gasteiger charge is 2.37. The van der Waals surface area contributed by atoms with E-state index in [-0.39, 0.29) is 6.71 Å². The smallest absolute Gasteiger partial charge is 0.0664 e. The van der Waals surface area contributed by atoms with Crippen molar-refractivity contribution in [1.29, 1.82) is 0 Å². The molecule has 1 heterocycles. The van der Waals surface area contributed by atoms with Crippen molar-refractivity contribution in [2.75, 3.05) is 0 Å². The topological polar surface area (TPSA) is 0 Å². The minimum Gasteiger partial charge on any atom is -0.0664 e. The quantitative estimate of drug-likeness (QED) is 0.117. The molecule has 0 amide bonds. The SMILES string of the molecule is c1ccc(-c2cc(-c3ccccc3)c(B3c4ccccc4-c4cc(-c5ccccc5)c5ccc6ccc(-c7ccccc7)c7cc3c4c5c67)c(-c3ccccc3)c2)cc1. The Morgan fingerprint density at radius 1 is 0.237 bits per heavy atom. The molecule has 0 radical (unpaired) electrons. The molecule has 0 aromatic heterocycles. The van der Waals surface area contributed by atoms with Crippen LogP contribution in [0.15, 0.2) is 224 Å². The van der Waals surface area contributed by atoms with Crippen LogP contribution < -0.4 is 16.4 Å². The van der Waals surface area contributed by atoms with Crippen molar-refractivity contribution in [2.45, 2.75) is 0 Å². The van der Waals surface area contributed by atoms with Crippen LogP contribution in [0.4, 0.5) is 0 Å². The first-order valence-electron chi connectivity index (χ1n) is 20.6. The lowest BCUT2D eigenvalue weighted by Crippen LogP contribution is -2.56. The highest BCUT2D eigenvalue weighted by Crippen LogP contribution is 2.47. The Labute approximate surface area is 345 Å². The van der Waals surface area contributed by atoms with Gasteiger partial charge in [0, 0.05) is 0 Å². The summed E-state index contributed by atoms with van der Waals surface area (Å²) in [7, 11) is 0. The standard InChI is InChI=1S/C58H37B/c1-6-18-38(19-7-1)44-34-49(41-24-12-4-13-25-41)58(50(35-44)42-26-14-5-15-27-42)59-53-29-17-16-28-46(53)51-36-48(40-22-10-3-11-23-40)47-33-31-43-30-32-45(39-20-8-2-9-21-39)52-37-54(59)56(51)57(47)55(43)52/h1-37H. The molecule has 272 valence electrons. The number of benzene rings is 11. The van der Waals surface area contributed by atoms with Gasteiger partial charge in [-0.15, -0.1) is 0 Å². The van der Waals surface area contributed by atoms with E-state index in [1.165, 1.54) is 115 Å². The maximum atomic E-state index is 2.58. The van der Waals surface area contributed by atoms with E-state index < -0.39 is 0 Å². The van der Waals surface area contributed by atoms with Gasteiger partial charge in [-0.3, -0.25) is 0 Å². The van der Waals surface area contributed by atoms with E-state index in [2.05, 4.69) is 224 Å². The fraction of sp³-hybridized carbons (Fsp3) is 0. The Kier molecular flexibility index (Phi) is 7.74. The van der Waals surface area contributed by atoms with Crippen LogP contribution in [0.25, 0.3) is 99.1 Å². The zero-order valence-electron chi connectivity index (χ0n) is 32.4. The maximum absolute atomic E-state index is 2.58. The van der Waals surface area contributed by atoms with Gasteiger partial charge < -0.3 is 0 Å². The molecule has 0 saturated carbocycles. The van der Waals surface area contributed by atoms with Gasteiger partial charge >= 0.3 is 0 Å². The first-order chi connectivity index (χ1) is 29.3. The summed E-state index contributed by atoms with van der Waals surface area (Å²) in [5.74, 6) is 0. The normalized spacial score (nSPS) is 12.0. The number of rotatable bonds is 6. The van der Waals surface area contributed by atoms with Gasteiger partial charge in [0.15, 0.2) is 0 Å². The van der Waals surface area contributed by atoms with Crippen molar-refractivity contribution in [1.82, 2.24) is 0 Å². The van der Waals surface area contributed by atoms with Crippen LogP contribution in [0.3, 0.4) is 0 Å². The molecule has 12 rings (SSSR count). The monoisotopic (exact) mass is 744 g/mol. The van der Waals surface area contributed by atoms with E-state index in [0.717, 1.165) is 0 Å². The molecule has 0 aliphatic carbocycles. The van der Waals surface area contributed by atoms with E-state index in [9.17, 15) is 0 Å². The minimum atomic E-state index is -0.0630. The second-order valence-corrected chi connectivity index (χ2v) is 15.9. The third kappa shape index (κ3) is 5.32. The summed E-state index contributed by atoms with van der Waals surface area (Å²) in [4.78, 5) is 0. The molecule has 59 heavy (non-hydrogen) atoms. The molecule has 0 spiro atoms. The zero-order valence-corrected chi connectivity index (χ0v) is 32.4. The molecule has 1 heteroatoms. The summed E-state index contributed by atoms with van der Waals surface area (Å²) < 4.78 is 0. The summed E-state index contributed by atoms with van der Waals surface area (Å²) in [5.41, 5.74) is 19.0. The molecule has 0 saturated heterocycles. The molecule has 1 aliphatic heterocycles. The van der Waals surface area contributed by atoms with Crippen LogP contribution in [0.2, 0.25) is 0 Å². The molecule has 0 bridgehead atoms. The average Bonchev–Trinajstić information content (AvgIpc) is 3.32. The largest absolute Gasteiger partial charge is 0.244 e. The maximum Gasteiger partial charge on any atom is 0.244 e. The Morgan fingerprint density at radius 2 is 0.729 bits per heavy atom. The highest BCUT2D eigenvalue weighted by atomic mass is 14.3. The summed E-state index contributed by atoms with van der Waals surface area (Å²) in [6.45, 7) is -0.0630. The minimum absolute atomic E-state index is 0.0630. The highest BCUT2D eigenvalue weighted by molar-refractivity contribution is 7.00. The predicted molar refractivity (Wildman–Crippen MR) is 254 cm³/mol. The van der Waals surface area contributed by atoms with Crippen LogP contribution in [0.1, 0.15) is 0 Å². The van der Waals surface area contributed by atoms with Crippen molar-refractivity contribution in [3.63, 3.8) is 0 Å². The first kappa shape index (κ1) is 33.6. The van der Waals surface area contributed by atoms with Gasteiger partial charge in [-0.2, -0.15) is 0 Å². The summed E-state index contributed by atoms with van der Waals surface area (Å²) in [6.07, 6.45) is 0. The Balaban J connectivity index is 1.29. The zero-order chi connectivity index (χ0) is 38.9. The van der Waals surface area contributed by atoms with Crippen LogP contribution in [0, 0.1) is 0 Å². The van der Waals surface area contributed by atoms with Crippen molar-refractivity contribution in [2.24, 2.45) is 0 Å². The molecule has 0 unspecified atom stereocenters. The van der Waals surface area contributed by atoms with Gasteiger partial charge in [0.1, 0.15) is 0 Å². The van der Waals surface area contributed by atoms with E-state index in [0.29, 0.717) is 0 Å². The fourth-order valence-corrected chi connectivity index (χ4v) is 10.1. The van der Waals surface area contributed by atoms with Gasteiger partial charge in [0.05, 0.1) is 0 Å². The molecular formula is C58H37B. The van der Waals surface area contributed by atoms with Gasteiger partial charge in [-0.25, -0.2) is 0 Å². The molecule has 11 aromatic carbocycles. The number of hydrogen-bond acceptors (Lipinski definition) is 0. The van der Waals surface area contributed by atoms with Crippen LogP contribution in [0.5, 0.6) is 0 Å². The second kappa shape index (κ2) is 13.6. The average molecular weight is 745 g/mol. The number of hydrogen-bond donors (Lipinski definition) is 0. The van der Waals surface area contributed by atoms with Crippen molar-refractivity contribution in [3.05, 3.63) is 224 Å². The molecule has 0 atom stereocenters. The van der Waals surface area contributed by atoms with E-state index in [1.807, 2.05) is 0 Å². The molecule has 11 aromatic rings. The number of fused-ring (bicyclic) bond motifs is 2. The van der Waals surface area contributed by atoms with Crippen LogP contribution >= 0.6 is 0 Å². The Hall–Kier alpha value is -7.48. The van der Waals surface area contributed by atoms with Crippen molar-refractivity contribution < 1.29 is 0 Å².